The second-order valence-corrected chi connectivity index (χ2v) is 8.65. The Bertz CT molecular complexity index is 1030. The molecule has 0 spiro atoms. The first-order valence-corrected chi connectivity index (χ1v) is 11.1. The summed E-state index contributed by atoms with van der Waals surface area (Å²) in [6, 6.07) is 8.08. The smallest absolute Gasteiger partial charge is 0.238 e. The number of fused-ring (bicyclic) bond motifs is 1. The quantitative estimate of drug-likeness (QED) is 0.355. The number of aliphatic hydroxyl groups excluding tert-OH is 1. The largest absolute Gasteiger partial charge is 0.496 e. The molecule has 1 saturated carbocycles. The number of carbonyl (C=O) groups excluding carboxylic acids is 2. The number of carbonyl (C=O) groups is 2. The number of amides is 2. The van der Waals surface area contributed by atoms with Crippen molar-refractivity contribution in [2.75, 3.05) is 13.7 Å². The molecular formula is C23H29N5O4. The average Bonchev–Trinajstić information content (AvgIpc) is 3.35. The molecule has 1 aliphatic heterocycles. The van der Waals surface area contributed by atoms with Gasteiger partial charge in [-0.05, 0) is 43.4 Å². The molecule has 4 atom stereocenters. The number of ether oxygens (including phenoxy) is 1. The van der Waals surface area contributed by atoms with Crippen LogP contribution in [0.4, 0.5) is 0 Å². The molecule has 2 aromatic rings. The zero-order valence-corrected chi connectivity index (χ0v) is 18.1. The lowest BCUT2D eigenvalue weighted by molar-refractivity contribution is -0.126. The molecule has 0 radical (unpaired) electrons. The van der Waals surface area contributed by atoms with Gasteiger partial charge in [0.15, 0.2) is 0 Å². The molecule has 1 saturated heterocycles. The summed E-state index contributed by atoms with van der Waals surface area (Å²) in [6.07, 6.45) is 2.54. The van der Waals surface area contributed by atoms with Crippen molar-refractivity contribution in [2.24, 2.45) is 11.8 Å². The summed E-state index contributed by atoms with van der Waals surface area (Å²) in [5, 5.41) is 29.7. The Morgan fingerprint density at radius 1 is 1.34 bits per heavy atom. The van der Waals surface area contributed by atoms with Gasteiger partial charge in [-0.25, -0.2) is 0 Å². The molecule has 2 fully saturated rings. The Kier molecular flexibility index (Phi) is 6.63. The van der Waals surface area contributed by atoms with Gasteiger partial charge in [-0.1, -0.05) is 18.9 Å². The molecule has 9 nitrogen and oxygen atoms in total. The maximum atomic E-state index is 13.0. The first-order chi connectivity index (χ1) is 15.5. The minimum atomic E-state index is -1.09. The molecule has 0 bridgehead atoms. The third kappa shape index (κ3) is 5.03. The number of methoxy groups -OCH3 is 1. The normalized spacial score (nSPS) is 20.9. The van der Waals surface area contributed by atoms with E-state index in [1.165, 1.54) is 0 Å². The molecule has 170 valence electrons. The lowest BCUT2D eigenvalue weighted by atomic mass is 9.98. The van der Waals surface area contributed by atoms with Crippen LogP contribution in [0.15, 0.2) is 24.3 Å². The second kappa shape index (κ2) is 9.59. The van der Waals surface area contributed by atoms with Crippen LogP contribution in [0, 0.1) is 23.2 Å². The SMILES string of the molecule is COc1cccc2[nH]c(C(O)N[C@@H](CC3CC3)C(=O)N[C@H](C#N)C[C@@H]3CCNC3=O)cc12. The van der Waals surface area contributed by atoms with Crippen molar-refractivity contribution in [3.05, 3.63) is 30.0 Å². The van der Waals surface area contributed by atoms with Crippen LogP contribution in [-0.2, 0) is 9.59 Å². The van der Waals surface area contributed by atoms with E-state index >= 15 is 0 Å². The number of hydrogen-bond acceptors (Lipinski definition) is 6. The summed E-state index contributed by atoms with van der Waals surface area (Å²) in [6.45, 7) is 0.600. The van der Waals surface area contributed by atoms with Gasteiger partial charge in [-0.15, -0.1) is 0 Å². The van der Waals surface area contributed by atoms with E-state index in [9.17, 15) is 20.0 Å². The Balaban J connectivity index is 1.44. The van der Waals surface area contributed by atoms with E-state index in [0.717, 1.165) is 23.7 Å². The standard InChI is InChI=1S/C23H29N5O4/c1-32-20-4-2-3-17-16(20)11-19(27-17)23(31)28-18(9-13-5-6-13)22(30)26-15(12-24)10-14-7-8-25-21(14)29/h2-4,11,13-15,18,23,27-28,31H,5-10H2,1H3,(H,25,29)(H,26,30)/t14-,15-,18-,23?/m0/s1. The van der Waals surface area contributed by atoms with Crippen molar-refractivity contribution in [2.45, 2.75) is 50.4 Å². The van der Waals surface area contributed by atoms with Gasteiger partial charge >= 0.3 is 0 Å². The number of hydrogen-bond donors (Lipinski definition) is 5. The van der Waals surface area contributed by atoms with E-state index in [-0.39, 0.29) is 24.2 Å². The fourth-order valence-electron chi connectivity index (χ4n) is 4.26. The monoisotopic (exact) mass is 439 g/mol. The highest BCUT2D eigenvalue weighted by Crippen LogP contribution is 2.34. The van der Waals surface area contributed by atoms with Gasteiger partial charge in [0.1, 0.15) is 18.0 Å². The molecule has 1 aromatic heterocycles. The first kappa shape index (κ1) is 22.1. The van der Waals surface area contributed by atoms with Crippen LogP contribution in [0.1, 0.15) is 44.0 Å². The molecule has 1 unspecified atom stereocenters. The predicted molar refractivity (Wildman–Crippen MR) is 117 cm³/mol. The Morgan fingerprint density at radius 2 is 2.16 bits per heavy atom. The molecule has 2 heterocycles. The number of aromatic amines is 1. The molecular weight excluding hydrogens is 410 g/mol. The van der Waals surface area contributed by atoms with Gasteiger partial charge in [-0.2, -0.15) is 5.26 Å². The lowest BCUT2D eigenvalue weighted by Crippen LogP contribution is -2.49. The number of aromatic nitrogens is 1. The van der Waals surface area contributed by atoms with E-state index in [0.29, 0.717) is 36.7 Å². The summed E-state index contributed by atoms with van der Waals surface area (Å²) in [7, 11) is 1.59. The summed E-state index contributed by atoms with van der Waals surface area (Å²) in [4.78, 5) is 28.0. The molecule has 1 aromatic carbocycles. The zero-order valence-electron chi connectivity index (χ0n) is 18.1. The number of nitriles is 1. The molecule has 2 amide bonds. The van der Waals surface area contributed by atoms with Crippen LogP contribution >= 0.6 is 0 Å². The topological polar surface area (TPSA) is 139 Å². The van der Waals surface area contributed by atoms with Gasteiger partial charge in [0.05, 0.1) is 24.9 Å². The third-order valence-corrected chi connectivity index (χ3v) is 6.26. The van der Waals surface area contributed by atoms with Crippen LogP contribution in [0.25, 0.3) is 10.9 Å². The van der Waals surface area contributed by atoms with E-state index in [2.05, 4.69) is 27.0 Å². The lowest BCUT2D eigenvalue weighted by Gasteiger charge is -2.23. The van der Waals surface area contributed by atoms with Crippen molar-refractivity contribution >= 4 is 22.7 Å². The zero-order chi connectivity index (χ0) is 22.7. The maximum absolute atomic E-state index is 13.0. The third-order valence-electron chi connectivity index (χ3n) is 6.26. The van der Waals surface area contributed by atoms with Crippen molar-refractivity contribution in [1.82, 2.24) is 20.9 Å². The van der Waals surface area contributed by atoms with Gasteiger partial charge in [0.25, 0.3) is 0 Å². The molecule has 5 N–H and O–H groups in total. The number of rotatable bonds is 10. The van der Waals surface area contributed by atoms with Crippen LogP contribution < -0.4 is 20.7 Å². The number of aliphatic hydroxyl groups is 1. The predicted octanol–water partition coefficient (Wildman–Crippen LogP) is 1.46. The average molecular weight is 440 g/mol. The summed E-state index contributed by atoms with van der Waals surface area (Å²) in [5.41, 5.74) is 1.35. The van der Waals surface area contributed by atoms with Crippen LogP contribution in [-0.4, -0.2) is 47.6 Å². The van der Waals surface area contributed by atoms with Crippen molar-refractivity contribution in [1.29, 1.82) is 5.26 Å². The fourth-order valence-corrected chi connectivity index (χ4v) is 4.26. The molecule has 32 heavy (non-hydrogen) atoms. The van der Waals surface area contributed by atoms with E-state index in [1.54, 1.807) is 13.2 Å². The Hall–Kier alpha value is -3.09. The highest BCUT2D eigenvalue weighted by atomic mass is 16.5. The summed E-state index contributed by atoms with van der Waals surface area (Å²) < 4.78 is 5.37. The highest BCUT2D eigenvalue weighted by Gasteiger charge is 2.33. The minimum Gasteiger partial charge on any atom is -0.496 e. The number of nitrogens with one attached hydrogen (secondary N) is 4. The van der Waals surface area contributed by atoms with E-state index in [1.807, 2.05) is 18.2 Å². The second-order valence-electron chi connectivity index (χ2n) is 8.65. The Labute approximate surface area is 186 Å². The van der Waals surface area contributed by atoms with Crippen LogP contribution in [0.2, 0.25) is 0 Å². The van der Waals surface area contributed by atoms with Gasteiger partial charge in [-0.3, -0.25) is 14.9 Å². The molecule has 2 aliphatic rings. The summed E-state index contributed by atoms with van der Waals surface area (Å²) >= 11 is 0. The van der Waals surface area contributed by atoms with Crippen molar-refractivity contribution in [3.63, 3.8) is 0 Å². The van der Waals surface area contributed by atoms with Crippen molar-refractivity contribution in [3.8, 4) is 11.8 Å². The van der Waals surface area contributed by atoms with Crippen LogP contribution in [0.3, 0.4) is 0 Å². The number of benzene rings is 1. The van der Waals surface area contributed by atoms with Crippen LogP contribution in [0.5, 0.6) is 5.75 Å². The molecule has 4 rings (SSSR count). The molecule has 9 heteroatoms. The van der Waals surface area contributed by atoms with Gasteiger partial charge in [0, 0.05) is 23.4 Å². The van der Waals surface area contributed by atoms with Crippen molar-refractivity contribution < 1.29 is 19.4 Å². The summed E-state index contributed by atoms with van der Waals surface area (Å²) in [5.74, 6) is 0.444. The number of H-pyrrole nitrogens is 1. The highest BCUT2D eigenvalue weighted by molar-refractivity contribution is 5.87. The van der Waals surface area contributed by atoms with E-state index < -0.39 is 18.3 Å². The minimum absolute atomic E-state index is 0.0724. The number of nitrogens with zero attached hydrogens (tertiary/aromatic N) is 1. The molecule has 1 aliphatic carbocycles. The van der Waals surface area contributed by atoms with E-state index in [4.69, 9.17) is 4.74 Å². The first-order valence-electron chi connectivity index (χ1n) is 11.1. The fraction of sp³-hybridized carbons (Fsp3) is 0.522. The maximum Gasteiger partial charge on any atom is 0.238 e. The van der Waals surface area contributed by atoms with Gasteiger partial charge in [0.2, 0.25) is 11.8 Å². The van der Waals surface area contributed by atoms with Gasteiger partial charge < -0.3 is 25.5 Å². The Morgan fingerprint density at radius 3 is 2.81 bits per heavy atom.